The minimum atomic E-state index is -6.43. The molecule has 0 aromatic carbocycles. The molecule has 0 radical (unpaired) electrons. The zero-order valence-electron chi connectivity index (χ0n) is 45.5. The molecule has 0 amide bonds. The van der Waals surface area contributed by atoms with Gasteiger partial charge in [0.2, 0.25) is 77.3 Å². The lowest BCUT2D eigenvalue weighted by Gasteiger charge is -2.68. The molecule has 0 aromatic heterocycles. The topological polar surface area (TPSA) is 545 Å². The quantitative estimate of drug-likeness (QED) is 0.0252. The molecule has 0 aromatic rings. The van der Waals surface area contributed by atoms with Gasteiger partial charge in [0.25, 0.3) is 99.9 Å². The summed E-state index contributed by atoms with van der Waals surface area (Å²) in [6.07, 6.45) is 0. The third-order valence-electron chi connectivity index (χ3n) is 13.4. The van der Waals surface area contributed by atoms with Gasteiger partial charge < -0.3 is 154 Å². The fourth-order valence-corrected chi connectivity index (χ4v) is 562. The highest BCUT2D eigenvalue weighted by Gasteiger charge is 2.94. The van der Waals surface area contributed by atoms with Crippen LogP contribution in [0.15, 0.2) is 0 Å². The van der Waals surface area contributed by atoms with Gasteiger partial charge in [0.05, 0.1) is 8.31 Å². The molecule has 78 heavy (non-hydrogen) atoms. The third kappa shape index (κ3) is 17.5. The van der Waals surface area contributed by atoms with Crippen molar-refractivity contribution in [1.82, 2.24) is 0 Å². The van der Waals surface area contributed by atoms with Gasteiger partial charge in [0.1, 0.15) is 0 Å². The smallest absolute Gasteiger partial charge is 0.339 e. The van der Waals surface area contributed by atoms with Crippen LogP contribution in [0.2, 0.25) is 58.9 Å². The maximum Gasteiger partial charge on any atom is 0.339 e. The van der Waals surface area contributed by atoms with Crippen molar-refractivity contribution < 1.29 is 154 Å². The molecule has 0 fully saturated rings. The van der Waals surface area contributed by atoms with Gasteiger partial charge in [-0.15, -0.1) is 0 Å². The van der Waals surface area contributed by atoms with Crippen LogP contribution in [-0.2, 0) is 53.5 Å². The van der Waals surface area contributed by atoms with Crippen molar-refractivity contribution in [3.63, 3.8) is 0 Å². The maximum absolute atomic E-state index is 14.1. The summed E-state index contributed by atoms with van der Waals surface area (Å²) in [4.78, 5) is 250. The van der Waals surface area contributed by atoms with E-state index in [1.807, 2.05) is 0 Å². The first kappa shape index (κ1) is 84.2. The second-order valence-electron chi connectivity index (χ2n) is 19.6. The van der Waals surface area contributed by atoms with Crippen LogP contribution >= 0.6 is 0 Å². The average Bonchev–Trinajstić information content (AvgIpc) is 3.40. The Bertz CT molecular complexity index is 1640. The van der Waals surface area contributed by atoms with Crippen molar-refractivity contribution in [2.24, 2.45) is 0 Å². The highest BCUT2D eigenvalue weighted by atomic mass is 30.4. The summed E-state index contributed by atoms with van der Waals surface area (Å²) in [6.45, 7) is -13.5. The van der Waals surface area contributed by atoms with Crippen LogP contribution in [0.5, 0.6) is 0 Å². The van der Waals surface area contributed by atoms with E-state index in [4.69, 9.17) is 53.5 Å². The molecule has 5 unspecified atom stereocenters. The summed E-state index contributed by atoms with van der Waals surface area (Å²) in [5.41, 5.74) is 0. The maximum atomic E-state index is 14.1. The van der Waals surface area contributed by atoms with Crippen LogP contribution < -0.4 is 0 Å². The molecule has 0 heterocycles. The van der Waals surface area contributed by atoms with Crippen molar-refractivity contribution in [1.29, 1.82) is 0 Å². The summed E-state index contributed by atoms with van der Waals surface area (Å²) in [6, 6.07) is 0. The van der Waals surface area contributed by atoms with E-state index < -0.39 is 304 Å². The van der Waals surface area contributed by atoms with Crippen LogP contribution in [0.25, 0.3) is 0 Å². The summed E-state index contributed by atoms with van der Waals surface area (Å²) < 4.78 is 90.2. The molecular formula is C9H90O34Si35. The van der Waals surface area contributed by atoms with Crippen molar-refractivity contribution >= 4 is 304 Å². The fourth-order valence-electron chi connectivity index (χ4n) is 9.16. The molecule has 5 atom stereocenters. The summed E-state index contributed by atoms with van der Waals surface area (Å²) in [7, 11) is -108. The van der Waals surface area contributed by atoms with Crippen molar-refractivity contribution in [3.05, 3.63) is 0 Å². The Balaban J connectivity index is 12.6. The Morgan fingerprint density at radius 2 is 0.641 bits per heavy atom. The highest BCUT2D eigenvalue weighted by Crippen LogP contribution is 2.51. The molecule has 470 valence electrons. The third-order valence-corrected chi connectivity index (χ3v) is 344. The van der Waals surface area contributed by atoms with Gasteiger partial charge in [-0.05, 0) is 45.8 Å². The van der Waals surface area contributed by atoms with Gasteiger partial charge in [-0.25, -0.2) is 0 Å². The predicted molar refractivity (Wildman–Crippen MR) is 373 cm³/mol. The minimum Gasteiger partial charge on any atom is -0.441 e. The molecule has 0 saturated heterocycles. The first-order chi connectivity index (χ1) is 36.3. The van der Waals surface area contributed by atoms with Crippen LogP contribution in [0.3, 0.4) is 0 Å². The lowest BCUT2D eigenvalue weighted by Crippen LogP contribution is -3.09. The van der Waals surface area contributed by atoms with Gasteiger partial charge in [-0.1, -0.05) is 13.1 Å². The van der Waals surface area contributed by atoms with E-state index in [-0.39, 0.29) is 0 Å². The predicted octanol–water partition coefficient (Wildman–Crippen LogP) is -31.9. The molecule has 0 aliphatic heterocycles. The van der Waals surface area contributed by atoms with E-state index in [0.717, 1.165) is 0 Å². The van der Waals surface area contributed by atoms with Crippen LogP contribution in [0, 0.1) is 0 Å². The standard InChI is InChI=1S/C9H90O34Si35/c1-64(2)68(9,30)77(63-29,37-50-16)78(76(61-27,62-28)36-49-15,42-71(55-21,56-22)33-46-12)72(39-65(3)38-66(4,5)6,67(7,8)40-69(51-17,52-18)31-44-10)43-73(74(57-23,58-24)34-47-13,75(59-25,60-26)35-48-14)41-70(53-19,54-20)32-45-11/h10-30,64-65H,44-63H2,1-9H3. The van der Waals surface area contributed by atoms with E-state index in [2.05, 4.69) is 0 Å². The monoisotopic (exact) mass is 1720 g/mol. The second-order valence-corrected chi connectivity index (χ2v) is 210. The van der Waals surface area contributed by atoms with Crippen LogP contribution in [-0.4, -0.2) is 405 Å². The minimum absolute atomic E-state index is 1.36. The molecule has 0 aliphatic carbocycles. The van der Waals surface area contributed by atoms with Crippen molar-refractivity contribution in [2.75, 3.05) is 0 Å². The summed E-state index contributed by atoms with van der Waals surface area (Å²) >= 11 is 0. The molecule has 0 bridgehead atoms. The zero-order valence-corrected chi connectivity index (χ0v) is 89.1. The van der Waals surface area contributed by atoms with Gasteiger partial charge in [-0.2, -0.15) is 0 Å². The average molecular weight is 1730 g/mol. The first-order valence-corrected chi connectivity index (χ1v) is 111. The Morgan fingerprint density at radius 3 is 0.923 bits per heavy atom. The Labute approximate surface area is 512 Å². The van der Waals surface area contributed by atoms with E-state index in [0.29, 0.717) is 0 Å². The molecular weight excluding hydrogens is 1640 g/mol. The second kappa shape index (κ2) is 37.1. The fraction of sp³-hybridized carbons (Fsp3) is 1.00. The molecule has 69 heteroatoms. The van der Waals surface area contributed by atoms with E-state index in [1.165, 1.54) is 26.2 Å². The van der Waals surface area contributed by atoms with Crippen molar-refractivity contribution in [2.45, 2.75) is 58.9 Å². The highest BCUT2D eigenvalue weighted by molar-refractivity contribution is 8.16. The van der Waals surface area contributed by atoms with Crippen LogP contribution in [0.1, 0.15) is 0 Å². The van der Waals surface area contributed by atoms with Crippen molar-refractivity contribution in [3.8, 4) is 0 Å². The first-order valence-electron chi connectivity index (χ1n) is 23.9. The number of hydrogen-bond donors (Lipinski definition) is 21. The number of hydrogen-bond acceptors (Lipinski definition) is 34. The number of rotatable bonds is 47. The van der Waals surface area contributed by atoms with Crippen LogP contribution in [0.4, 0.5) is 0 Å². The molecule has 0 rings (SSSR count). The molecule has 0 saturated carbocycles. The normalized spacial score (nSPS) is 25.1. The molecule has 0 spiro atoms. The lowest BCUT2D eigenvalue weighted by molar-refractivity contribution is 0.298. The lowest BCUT2D eigenvalue weighted by atomic mass is 11.8. The summed E-state index contributed by atoms with van der Waals surface area (Å²) in [5, 5.41) is 0. The van der Waals surface area contributed by atoms with Gasteiger partial charge in [0.15, 0.2) is 80.6 Å². The van der Waals surface area contributed by atoms with E-state index in [1.54, 1.807) is 32.7 Å². The van der Waals surface area contributed by atoms with E-state index in [9.17, 15) is 101 Å². The summed E-state index contributed by atoms with van der Waals surface area (Å²) in [5.74, 6) is 0. The molecule has 34 nitrogen and oxygen atoms in total. The Hall–Kier alpha value is 6.23. The van der Waals surface area contributed by atoms with E-state index >= 15 is 0 Å². The largest absolute Gasteiger partial charge is 0.441 e. The zero-order chi connectivity index (χ0) is 61.0. The van der Waals surface area contributed by atoms with Gasteiger partial charge in [0, 0.05) is 0 Å². The molecule has 21 N–H and O–H groups in total. The SMILES string of the molecule is C[SiH](O[Si](C)(C)C)O[Si](O[Si](O[Si](O[SiH2]O)([SiH2]O)[SiH2]O)([Si](O[SiH2]O)([SiH2]O)[SiH2]O)[Si](O[SiH2]O)([SiH2]O)[SiH2]O)([Si](C)(C)O[Si](O[SiH2]O)([SiH2]O)[SiH2]O)[Si](O[Si](O[SiH2]O)([SiH2]O)[SiH2]O)([Si](O[SiH2]O)([SiH2]O)[SiH2]O)[Si](O[SiH2]O)([SiH2]O)[Si](C)(O)[SiH](C)C. The Morgan fingerprint density at radius 1 is 0.321 bits per heavy atom. The van der Waals surface area contributed by atoms with Gasteiger partial charge in [-0.3, -0.25) is 0 Å². The van der Waals surface area contributed by atoms with Gasteiger partial charge >= 0.3 is 38.0 Å². The molecule has 0 aliphatic rings. The Kier molecular flexibility index (Phi) is 40.0.